The van der Waals surface area contributed by atoms with Crippen molar-refractivity contribution in [2.75, 3.05) is 0 Å². The van der Waals surface area contributed by atoms with Crippen molar-refractivity contribution < 1.29 is 27.9 Å². The molecule has 23 heavy (non-hydrogen) atoms. The number of carbonyl (C=O) groups is 2. The molecule has 1 heterocycles. The third kappa shape index (κ3) is 2.68. The topological polar surface area (TPSA) is 57.6 Å². The van der Waals surface area contributed by atoms with Crippen LogP contribution in [0, 0.1) is 23.4 Å². The molecule has 1 amide bonds. The van der Waals surface area contributed by atoms with Crippen molar-refractivity contribution in [1.29, 1.82) is 0 Å². The van der Waals surface area contributed by atoms with E-state index in [1.807, 2.05) is 0 Å². The van der Waals surface area contributed by atoms with Gasteiger partial charge < -0.3 is 10.0 Å². The maximum Gasteiger partial charge on any atom is 0.326 e. The lowest BCUT2D eigenvalue weighted by Gasteiger charge is -2.33. The number of fused-ring (bicyclic) bond motifs is 1. The van der Waals surface area contributed by atoms with Crippen molar-refractivity contribution in [3.8, 4) is 0 Å². The zero-order chi connectivity index (χ0) is 16.7. The Kier molecular flexibility index (Phi) is 4.04. The van der Waals surface area contributed by atoms with Crippen LogP contribution in [0.5, 0.6) is 0 Å². The van der Waals surface area contributed by atoms with Crippen molar-refractivity contribution in [2.24, 2.45) is 5.92 Å². The fourth-order valence-electron chi connectivity index (χ4n) is 3.80. The van der Waals surface area contributed by atoms with Crippen LogP contribution in [0.15, 0.2) is 12.1 Å². The Balaban J connectivity index is 1.97. The molecule has 1 aliphatic heterocycles. The molecule has 0 radical (unpaired) electrons. The number of aliphatic carboxylic acids is 1. The number of carbonyl (C=O) groups excluding carboxylic acids is 1. The molecule has 1 saturated heterocycles. The molecule has 4 nitrogen and oxygen atoms in total. The van der Waals surface area contributed by atoms with Gasteiger partial charge in [-0.1, -0.05) is 12.8 Å². The summed E-state index contributed by atoms with van der Waals surface area (Å²) in [7, 11) is 0. The van der Waals surface area contributed by atoms with Crippen LogP contribution in [0.2, 0.25) is 0 Å². The van der Waals surface area contributed by atoms with E-state index in [-0.39, 0.29) is 17.5 Å². The molecule has 1 aliphatic carbocycles. The Morgan fingerprint density at radius 1 is 1.09 bits per heavy atom. The summed E-state index contributed by atoms with van der Waals surface area (Å²) in [4.78, 5) is 25.3. The minimum Gasteiger partial charge on any atom is -0.480 e. The zero-order valence-corrected chi connectivity index (χ0v) is 12.3. The number of nitrogens with zero attached hydrogens (tertiary/aromatic N) is 1. The highest BCUT2D eigenvalue weighted by Crippen LogP contribution is 2.40. The highest BCUT2D eigenvalue weighted by atomic mass is 19.2. The second kappa shape index (κ2) is 5.86. The molecule has 0 spiro atoms. The van der Waals surface area contributed by atoms with Crippen molar-refractivity contribution in [3.63, 3.8) is 0 Å². The Morgan fingerprint density at radius 3 is 2.30 bits per heavy atom. The first kappa shape index (κ1) is 15.8. The molecule has 1 saturated carbocycles. The molecule has 2 fully saturated rings. The molecule has 0 bridgehead atoms. The van der Waals surface area contributed by atoms with E-state index in [1.165, 1.54) is 4.90 Å². The van der Waals surface area contributed by atoms with Crippen molar-refractivity contribution in [2.45, 2.75) is 44.2 Å². The van der Waals surface area contributed by atoms with Crippen LogP contribution in [-0.4, -0.2) is 34.0 Å². The molecule has 1 N–H and O–H groups in total. The summed E-state index contributed by atoms with van der Waals surface area (Å²) in [6.45, 7) is 0. The van der Waals surface area contributed by atoms with Crippen molar-refractivity contribution >= 4 is 11.9 Å². The average molecular weight is 327 g/mol. The molecule has 124 valence electrons. The van der Waals surface area contributed by atoms with E-state index >= 15 is 0 Å². The van der Waals surface area contributed by atoms with E-state index in [9.17, 15) is 27.9 Å². The van der Waals surface area contributed by atoms with Gasteiger partial charge in [0.25, 0.3) is 5.91 Å². The van der Waals surface area contributed by atoms with Gasteiger partial charge in [-0.25, -0.2) is 18.0 Å². The van der Waals surface area contributed by atoms with Gasteiger partial charge in [0.15, 0.2) is 17.5 Å². The largest absolute Gasteiger partial charge is 0.480 e. The van der Waals surface area contributed by atoms with Gasteiger partial charge in [0.2, 0.25) is 0 Å². The number of carboxylic acid groups (broad SMARTS) is 1. The van der Waals surface area contributed by atoms with Crippen LogP contribution in [0.3, 0.4) is 0 Å². The summed E-state index contributed by atoms with van der Waals surface area (Å²) in [5, 5.41) is 9.38. The summed E-state index contributed by atoms with van der Waals surface area (Å²) in [6, 6.07) is -0.00803. The number of hydrogen-bond donors (Lipinski definition) is 1. The summed E-state index contributed by atoms with van der Waals surface area (Å²) in [5.74, 6) is -6.36. The minimum absolute atomic E-state index is 0.0870. The summed E-state index contributed by atoms with van der Waals surface area (Å²) in [6.07, 6.45) is 3.72. The van der Waals surface area contributed by atoms with E-state index in [1.54, 1.807) is 0 Å². The molecule has 0 aromatic heterocycles. The second-order valence-electron chi connectivity index (χ2n) is 6.17. The summed E-state index contributed by atoms with van der Waals surface area (Å²) < 4.78 is 39.8. The van der Waals surface area contributed by atoms with E-state index in [0.717, 1.165) is 19.3 Å². The number of hydrogen-bond acceptors (Lipinski definition) is 2. The van der Waals surface area contributed by atoms with E-state index in [0.29, 0.717) is 25.0 Å². The summed E-state index contributed by atoms with van der Waals surface area (Å²) in [5.41, 5.74) is -0.362. The first-order valence-electron chi connectivity index (χ1n) is 7.60. The third-order valence-corrected chi connectivity index (χ3v) is 4.84. The van der Waals surface area contributed by atoms with Gasteiger partial charge in [-0.3, -0.25) is 4.79 Å². The Morgan fingerprint density at radius 2 is 1.70 bits per heavy atom. The smallest absolute Gasteiger partial charge is 0.326 e. The predicted octanol–water partition coefficient (Wildman–Crippen LogP) is 2.96. The van der Waals surface area contributed by atoms with E-state index < -0.39 is 35.4 Å². The Labute approximate surface area is 130 Å². The molecule has 3 rings (SSSR count). The first-order valence-corrected chi connectivity index (χ1v) is 7.60. The van der Waals surface area contributed by atoms with Crippen LogP contribution in [0.4, 0.5) is 13.2 Å². The predicted molar refractivity (Wildman–Crippen MR) is 74.3 cm³/mol. The Hall–Kier alpha value is -2.05. The van der Waals surface area contributed by atoms with Crippen LogP contribution in [0.25, 0.3) is 0 Å². The zero-order valence-electron chi connectivity index (χ0n) is 12.3. The molecule has 1 aromatic rings. The normalized spacial score (nSPS) is 26.9. The number of benzene rings is 1. The lowest BCUT2D eigenvalue weighted by atomic mass is 9.84. The molecule has 3 atom stereocenters. The summed E-state index contributed by atoms with van der Waals surface area (Å²) >= 11 is 0. The standard InChI is InChI=1S/C16H16F3NO3/c17-10-5-9(6-11(18)14(10)19)15(21)20-12-4-2-1-3-8(12)7-13(20)16(22)23/h5-6,8,12-13H,1-4,7H2,(H,22,23)/t8-,12-,13+/m1/s1. The van der Waals surface area contributed by atoms with Gasteiger partial charge in [-0.05, 0) is 37.3 Å². The number of rotatable bonds is 2. The van der Waals surface area contributed by atoms with Gasteiger partial charge in [-0.2, -0.15) is 0 Å². The van der Waals surface area contributed by atoms with Crippen LogP contribution >= 0.6 is 0 Å². The monoisotopic (exact) mass is 327 g/mol. The molecule has 7 heteroatoms. The number of likely N-dealkylation sites (tertiary alicyclic amines) is 1. The lowest BCUT2D eigenvalue weighted by molar-refractivity contribution is -0.141. The first-order chi connectivity index (χ1) is 10.9. The highest BCUT2D eigenvalue weighted by molar-refractivity contribution is 5.97. The molecular weight excluding hydrogens is 311 g/mol. The number of halogens is 3. The van der Waals surface area contributed by atoms with Gasteiger partial charge in [-0.15, -0.1) is 0 Å². The average Bonchev–Trinajstić information content (AvgIpc) is 2.91. The van der Waals surface area contributed by atoms with E-state index in [2.05, 4.69) is 0 Å². The van der Waals surface area contributed by atoms with Crippen LogP contribution < -0.4 is 0 Å². The van der Waals surface area contributed by atoms with Crippen LogP contribution in [0.1, 0.15) is 42.5 Å². The molecule has 2 aliphatic rings. The van der Waals surface area contributed by atoms with Gasteiger partial charge in [0, 0.05) is 11.6 Å². The quantitative estimate of drug-likeness (QED) is 0.850. The minimum atomic E-state index is -1.65. The second-order valence-corrected chi connectivity index (χ2v) is 6.17. The van der Waals surface area contributed by atoms with Gasteiger partial charge >= 0.3 is 5.97 Å². The number of amides is 1. The maximum absolute atomic E-state index is 13.4. The SMILES string of the molecule is O=C(O)[C@@H]1C[C@H]2CCCC[C@H]2N1C(=O)c1cc(F)c(F)c(F)c1. The lowest BCUT2D eigenvalue weighted by Crippen LogP contribution is -2.46. The van der Waals surface area contributed by atoms with E-state index in [4.69, 9.17) is 0 Å². The fraction of sp³-hybridized carbons (Fsp3) is 0.500. The molecule has 0 unspecified atom stereocenters. The third-order valence-electron chi connectivity index (χ3n) is 4.84. The molecular formula is C16H16F3NO3. The molecule has 1 aromatic carbocycles. The van der Waals surface area contributed by atoms with Gasteiger partial charge in [0.1, 0.15) is 6.04 Å². The fourth-order valence-corrected chi connectivity index (χ4v) is 3.80. The maximum atomic E-state index is 13.4. The Bertz CT molecular complexity index is 641. The van der Waals surface area contributed by atoms with Crippen molar-refractivity contribution in [3.05, 3.63) is 35.1 Å². The highest BCUT2D eigenvalue weighted by Gasteiger charge is 2.47. The number of carboxylic acids is 1. The van der Waals surface area contributed by atoms with Gasteiger partial charge in [0.05, 0.1) is 0 Å². The van der Waals surface area contributed by atoms with Crippen LogP contribution in [-0.2, 0) is 4.79 Å². The van der Waals surface area contributed by atoms with Crippen molar-refractivity contribution in [1.82, 2.24) is 4.90 Å².